The molecule has 0 amide bonds. The summed E-state index contributed by atoms with van der Waals surface area (Å²) in [6.45, 7) is 0. The van der Waals surface area contributed by atoms with Crippen molar-refractivity contribution in [2.24, 2.45) is 0 Å². The zero-order valence-electron chi connectivity index (χ0n) is 11.2. The third-order valence-electron chi connectivity index (χ3n) is 3.01. The lowest BCUT2D eigenvalue weighted by atomic mass is 10.1. The van der Waals surface area contributed by atoms with E-state index < -0.39 is 0 Å². The number of halogens is 1. The number of hydrogen-bond acceptors (Lipinski definition) is 3. The molecule has 0 saturated carbocycles. The summed E-state index contributed by atoms with van der Waals surface area (Å²) in [7, 11) is 0. The molecule has 0 atom stereocenters. The van der Waals surface area contributed by atoms with Gasteiger partial charge in [-0.1, -0.05) is 42.5 Å². The van der Waals surface area contributed by atoms with E-state index in [2.05, 4.69) is 62.3 Å². The van der Waals surface area contributed by atoms with Gasteiger partial charge in [0.1, 0.15) is 16.7 Å². The molecule has 0 spiro atoms. The molecule has 3 rings (SSSR count). The maximum atomic E-state index is 5.68. The summed E-state index contributed by atoms with van der Waals surface area (Å²) >= 11 is 3.29. The average Bonchev–Trinajstić information content (AvgIpc) is 2.50. The number of nitrogens with zero attached hydrogens (tertiary/aromatic N) is 2. The molecule has 21 heavy (non-hydrogen) atoms. The minimum Gasteiger partial charge on any atom is -0.439 e. The first-order valence-electron chi connectivity index (χ1n) is 6.58. The predicted molar refractivity (Wildman–Crippen MR) is 85.5 cm³/mol. The molecule has 0 fully saturated rings. The van der Waals surface area contributed by atoms with Crippen molar-refractivity contribution in [1.82, 2.24) is 9.97 Å². The molecule has 2 aromatic carbocycles. The fourth-order valence-electron chi connectivity index (χ4n) is 2.00. The highest BCUT2D eigenvalue weighted by atomic mass is 79.9. The van der Waals surface area contributed by atoms with Crippen LogP contribution in [0.25, 0.3) is 0 Å². The Bertz CT molecular complexity index is 714. The van der Waals surface area contributed by atoms with Gasteiger partial charge >= 0.3 is 0 Å². The van der Waals surface area contributed by atoms with E-state index in [4.69, 9.17) is 4.74 Å². The smallest absolute Gasteiger partial charge is 0.223 e. The number of aromatic nitrogens is 2. The lowest BCUT2D eigenvalue weighted by Gasteiger charge is -2.06. The Morgan fingerprint density at radius 2 is 1.57 bits per heavy atom. The predicted octanol–water partition coefficient (Wildman–Crippen LogP) is 4.62. The standard InChI is InChI=1S/C17H13BrN2O/c18-16-11-17(20-12-19-16)21-15-8-6-14(7-9-15)10-13-4-2-1-3-5-13/h1-9,11-12H,10H2. The van der Waals surface area contributed by atoms with Crippen LogP contribution in [-0.2, 0) is 6.42 Å². The van der Waals surface area contributed by atoms with Crippen LogP contribution in [0.2, 0.25) is 0 Å². The second kappa shape index (κ2) is 6.50. The van der Waals surface area contributed by atoms with E-state index in [9.17, 15) is 0 Å². The Morgan fingerprint density at radius 1 is 0.857 bits per heavy atom. The van der Waals surface area contributed by atoms with Crippen LogP contribution in [0.15, 0.2) is 71.6 Å². The highest BCUT2D eigenvalue weighted by Crippen LogP contribution is 2.22. The topological polar surface area (TPSA) is 35.0 Å². The van der Waals surface area contributed by atoms with Gasteiger partial charge in [0.2, 0.25) is 5.88 Å². The summed E-state index contributed by atoms with van der Waals surface area (Å²) < 4.78 is 6.39. The highest BCUT2D eigenvalue weighted by molar-refractivity contribution is 9.10. The van der Waals surface area contributed by atoms with Crippen LogP contribution in [-0.4, -0.2) is 9.97 Å². The Labute approximate surface area is 131 Å². The van der Waals surface area contributed by atoms with Gasteiger partial charge in [-0.2, -0.15) is 0 Å². The maximum Gasteiger partial charge on any atom is 0.223 e. The van der Waals surface area contributed by atoms with Gasteiger partial charge in [-0.15, -0.1) is 0 Å². The monoisotopic (exact) mass is 340 g/mol. The second-order valence-corrected chi connectivity index (χ2v) is 5.40. The molecular weight excluding hydrogens is 328 g/mol. The van der Waals surface area contributed by atoms with Gasteiger partial charge < -0.3 is 4.74 Å². The van der Waals surface area contributed by atoms with Gasteiger partial charge in [0.05, 0.1) is 0 Å². The fourth-order valence-corrected chi connectivity index (χ4v) is 2.29. The van der Waals surface area contributed by atoms with Gasteiger partial charge in [0.15, 0.2) is 0 Å². The molecule has 0 aliphatic heterocycles. The molecule has 3 aromatic rings. The third kappa shape index (κ3) is 3.89. The second-order valence-electron chi connectivity index (χ2n) is 4.59. The van der Waals surface area contributed by atoms with Crippen LogP contribution in [0.3, 0.4) is 0 Å². The fraction of sp³-hybridized carbons (Fsp3) is 0.0588. The molecule has 1 aromatic heterocycles. The van der Waals surface area contributed by atoms with Gasteiger partial charge in [0, 0.05) is 6.07 Å². The molecule has 0 saturated heterocycles. The molecule has 1 heterocycles. The Balaban J connectivity index is 1.69. The van der Waals surface area contributed by atoms with E-state index >= 15 is 0 Å². The van der Waals surface area contributed by atoms with Gasteiger partial charge in [-0.25, -0.2) is 9.97 Å². The molecule has 0 N–H and O–H groups in total. The SMILES string of the molecule is Brc1cc(Oc2ccc(Cc3ccccc3)cc2)ncn1. The summed E-state index contributed by atoms with van der Waals surface area (Å²) in [5.74, 6) is 1.28. The first kappa shape index (κ1) is 13.8. The number of benzene rings is 2. The molecule has 104 valence electrons. The number of ether oxygens (including phenoxy) is 1. The molecular formula is C17H13BrN2O. The van der Waals surface area contributed by atoms with E-state index in [-0.39, 0.29) is 0 Å². The summed E-state index contributed by atoms with van der Waals surface area (Å²) in [5, 5.41) is 0. The minimum atomic E-state index is 0.521. The summed E-state index contributed by atoms with van der Waals surface area (Å²) in [5.41, 5.74) is 2.54. The molecule has 0 aliphatic rings. The van der Waals surface area contributed by atoms with Crippen molar-refractivity contribution in [3.05, 3.63) is 82.7 Å². The molecule has 0 radical (unpaired) electrons. The van der Waals surface area contributed by atoms with Crippen molar-refractivity contribution in [3.63, 3.8) is 0 Å². The molecule has 0 bridgehead atoms. The van der Waals surface area contributed by atoms with Crippen molar-refractivity contribution in [3.8, 4) is 11.6 Å². The lowest BCUT2D eigenvalue weighted by Crippen LogP contribution is -1.91. The normalized spacial score (nSPS) is 10.3. The molecule has 3 nitrogen and oxygen atoms in total. The van der Waals surface area contributed by atoms with E-state index in [0.29, 0.717) is 10.5 Å². The van der Waals surface area contributed by atoms with Crippen LogP contribution in [0, 0.1) is 0 Å². The third-order valence-corrected chi connectivity index (χ3v) is 3.44. The van der Waals surface area contributed by atoms with Gasteiger partial charge in [-0.3, -0.25) is 0 Å². The van der Waals surface area contributed by atoms with Gasteiger partial charge in [0.25, 0.3) is 0 Å². The summed E-state index contributed by atoms with van der Waals surface area (Å²) in [6, 6.07) is 20.2. The number of hydrogen-bond donors (Lipinski definition) is 0. The van der Waals surface area contributed by atoms with Crippen molar-refractivity contribution >= 4 is 15.9 Å². The minimum absolute atomic E-state index is 0.521. The van der Waals surface area contributed by atoms with Crippen LogP contribution < -0.4 is 4.74 Å². The van der Waals surface area contributed by atoms with Crippen LogP contribution in [0.1, 0.15) is 11.1 Å². The quantitative estimate of drug-likeness (QED) is 0.650. The zero-order chi connectivity index (χ0) is 14.5. The van der Waals surface area contributed by atoms with E-state index in [1.807, 2.05) is 18.2 Å². The molecule has 4 heteroatoms. The Hall–Kier alpha value is -2.20. The van der Waals surface area contributed by atoms with E-state index in [0.717, 1.165) is 12.2 Å². The summed E-state index contributed by atoms with van der Waals surface area (Å²) in [4.78, 5) is 8.03. The van der Waals surface area contributed by atoms with Crippen molar-refractivity contribution in [2.75, 3.05) is 0 Å². The number of rotatable bonds is 4. The average molecular weight is 341 g/mol. The Kier molecular flexibility index (Phi) is 4.26. The van der Waals surface area contributed by atoms with E-state index in [1.165, 1.54) is 17.5 Å². The van der Waals surface area contributed by atoms with Crippen molar-refractivity contribution in [1.29, 1.82) is 0 Å². The van der Waals surface area contributed by atoms with Crippen molar-refractivity contribution < 1.29 is 4.74 Å². The molecule has 0 unspecified atom stereocenters. The van der Waals surface area contributed by atoms with E-state index in [1.54, 1.807) is 6.07 Å². The summed E-state index contributed by atoms with van der Waals surface area (Å²) in [6.07, 6.45) is 2.38. The largest absolute Gasteiger partial charge is 0.439 e. The van der Waals surface area contributed by atoms with Crippen LogP contribution >= 0.6 is 15.9 Å². The molecule has 0 aliphatic carbocycles. The van der Waals surface area contributed by atoms with Crippen LogP contribution in [0.4, 0.5) is 0 Å². The lowest BCUT2D eigenvalue weighted by molar-refractivity contribution is 0.460. The first-order valence-corrected chi connectivity index (χ1v) is 7.37. The van der Waals surface area contributed by atoms with Crippen LogP contribution in [0.5, 0.6) is 11.6 Å². The first-order chi connectivity index (χ1) is 10.3. The highest BCUT2D eigenvalue weighted by Gasteiger charge is 2.01. The maximum absolute atomic E-state index is 5.68. The zero-order valence-corrected chi connectivity index (χ0v) is 12.8. The Morgan fingerprint density at radius 3 is 2.29 bits per heavy atom. The van der Waals surface area contributed by atoms with Gasteiger partial charge in [-0.05, 0) is 45.6 Å². The van der Waals surface area contributed by atoms with Crippen molar-refractivity contribution in [2.45, 2.75) is 6.42 Å².